The summed E-state index contributed by atoms with van der Waals surface area (Å²) in [7, 11) is 0. The van der Waals surface area contributed by atoms with Gasteiger partial charge >= 0.3 is 12.0 Å². The Labute approximate surface area is 177 Å². The average Bonchev–Trinajstić information content (AvgIpc) is 3.58. The number of pyridine rings is 1. The molecule has 2 fully saturated rings. The molecule has 1 saturated heterocycles. The lowest BCUT2D eigenvalue weighted by Crippen LogP contribution is -2.47. The average molecular weight is 432 g/mol. The number of halogens is 1. The molecule has 0 amide bonds. The molecular formula is C22H25FN2O6. The van der Waals surface area contributed by atoms with E-state index in [2.05, 4.69) is 0 Å². The number of hydrogen-bond donors (Lipinski definition) is 2. The van der Waals surface area contributed by atoms with Crippen LogP contribution < -0.4 is 15.1 Å². The fourth-order valence-electron chi connectivity index (χ4n) is 4.78. The number of ether oxygens (including phenoxy) is 2. The quantitative estimate of drug-likeness (QED) is 0.565. The van der Waals surface area contributed by atoms with Crippen LogP contribution in [0, 0.1) is 0 Å². The summed E-state index contributed by atoms with van der Waals surface area (Å²) in [4.78, 5) is 27.6. The fourth-order valence-corrected chi connectivity index (χ4v) is 4.78. The van der Waals surface area contributed by atoms with Gasteiger partial charge in [0.15, 0.2) is 5.75 Å². The minimum Gasteiger partial charge on any atom is -0.487 e. The molecule has 5 rings (SSSR count). The van der Waals surface area contributed by atoms with Gasteiger partial charge in [-0.15, -0.1) is 0 Å². The van der Waals surface area contributed by atoms with Crippen LogP contribution in [-0.4, -0.2) is 46.5 Å². The van der Waals surface area contributed by atoms with E-state index in [0.29, 0.717) is 18.7 Å². The highest BCUT2D eigenvalue weighted by atomic mass is 19.2. The number of piperidine rings is 1. The Kier molecular flexibility index (Phi) is 4.71. The molecule has 1 aromatic heterocycles. The van der Waals surface area contributed by atoms with E-state index < -0.39 is 23.0 Å². The first-order chi connectivity index (χ1) is 14.8. The van der Waals surface area contributed by atoms with Gasteiger partial charge in [-0.3, -0.25) is 4.79 Å². The van der Waals surface area contributed by atoms with Crippen LogP contribution in [0.5, 0.6) is 5.75 Å². The summed E-state index contributed by atoms with van der Waals surface area (Å²) in [6.45, 7) is 2.74. The molecule has 2 aromatic rings. The van der Waals surface area contributed by atoms with Crippen molar-refractivity contribution in [1.82, 2.24) is 4.57 Å². The van der Waals surface area contributed by atoms with Crippen LogP contribution in [0.15, 0.2) is 17.1 Å². The van der Waals surface area contributed by atoms with Gasteiger partial charge in [0.1, 0.15) is 12.2 Å². The third kappa shape index (κ3) is 3.27. The van der Waals surface area contributed by atoms with Gasteiger partial charge in [0.2, 0.25) is 5.43 Å². The number of anilines is 1. The Bertz CT molecular complexity index is 1120. The number of alkyl halides is 1. The van der Waals surface area contributed by atoms with Crippen LogP contribution in [0.3, 0.4) is 0 Å². The van der Waals surface area contributed by atoms with E-state index in [9.17, 15) is 24.2 Å². The molecule has 9 heteroatoms. The molecule has 1 atom stereocenters. The SMILES string of the molecule is CCOC(=O)c1cn(C2CC2)c2c3c(c(C(O)(O)F)cc2c1=O)N1CCCCC1CO3. The van der Waals surface area contributed by atoms with E-state index in [-0.39, 0.29) is 41.1 Å². The zero-order valence-electron chi connectivity index (χ0n) is 17.3. The maximum atomic E-state index is 14.6. The third-order valence-corrected chi connectivity index (χ3v) is 6.36. The molecule has 0 bridgehead atoms. The zero-order valence-corrected chi connectivity index (χ0v) is 17.3. The summed E-state index contributed by atoms with van der Waals surface area (Å²) in [5.74, 6) is -0.505. The van der Waals surface area contributed by atoms with Crippen molar-refractivity contribution in [2.75, 3.05) is 24.7 Å². The maximum Gasteiger partial charge on any atom is 0.345 e. The number of aliphatic hydroxyl groups is 2. The number of carbonyl (C=O) groups is 1. The minimum atomic E-state index is -3.67. The molecule has 2 aliphatic heterocycles. The van der Waals surface area contributed by atoms with Gasteiger partial charge < -0.3 is 29.2 Å². The second kappa shape index (κ2) is 7.20. The van der Waals surface area contributed by atoms with E-state index in [4.69, 9.17) is 9.47 Å². The summed E-state index contributed by atoms with van der Waals surface area (Å²) < 4.78 is 27.5. The van der Waals surface area contributed by atoms with Gasteiger partial charge in [0.25, 0.3) is 0 Å². The van der Waals surface area contributed by atoms with Crippen molar-refractivity contribution in [3.05, 3.63) is 33.6 Å². The molecular weight excluding hydrogens is 407 g/mol. The van der Waals surface area contributed by atoms with E-state index >= 15 is 0 Å². The monoisotopic (exact) mass is 432 g/mol. The minimum absolute atomic E-state index is 0.000276. The van der Waals surface area contributed by atoms with Gasteiger partial charge in [0.05, 0.1) is 34.8 Å². The number of nitrogens with zero attached hydrogens (tertiary/aromatic N) is 2. The molecule has 0 spiro atoms. The van der Waals surface area contributed by atoms with E-state index in [0.717, 1.165) is 38.2 Å². The Balaban J connectivity index is 1.85. The molecule has 31 heavy (non-hydrogen) atoms. The molecule has 2 N–H and O–H groups in total. The molecule has 1 unspecified atom stereocenters. The Morgan fingerprint density at radius 3 is 2.74 bits per heavy atom. The molecule has 1 saturated carbocycles. The predicted octanol–water partition coefficient (Wildman–Crippen LogP) is 2.33. The number of hydrogen-bond acceptors (Lipinski definition) is 7. The Morgan fingerprint density at radius 1 is 1.29 bits per heavy atom. The van der Waals surface area contributed by atoms with Gasteiger partial charge in [-0.05, 0) is 45.1 Å². The zero-order chi connectivity index (χ0) is 21.9. The van der Waals surface area contributed by atoms with Crippen molar-refractivity contribution in [3.63, 3.8) is 0 Å². The second-order valence-electron chi connectivity index (χ2n) is 8.47. The number of esters is 1. The number of benzene rings is 1. The smallest absolute Gasteiger partial charge is 0.345 e. The molecule has 3 aliphatic rings. The largest absolute Gasteiger partial charge is 0.487 e. The molecule has 0 radical (unpaired) electrons. The highest BCUT2D eigenvalue weighted by molar-refractivity contribution is 5.99. The summed E-state index contributed by atoms with van der Waals surface area (Å²) >= 11 is 0. The molecule has 166 valence electrons. The maximum absolute atomic E-state index is 14.6. The van der Waals surface area contributed by atoms with Gasteiger partial charge in [-0.1, -0.05) is 0 Å². The summed E-state index contributed by atoms with van der Waals surface area (Å²) in [5.41, 5.74) is -0.537. The van der Waals surface area contributed by atoms with E-state index in [1.807, 2.05) is 9.47 Å². The second-order valence-corrected chi connectivity index (χ2v) is 8.47. The van der Waals surface area contributed by atoms with E-state index in [1.54, 1.807) is 6.92 Å². The van der Waals surface area contributed by atoms with Crippen LogP contribution >= 0.6 is 0 Å². The van der Waals surface area contributed by atoms with Crippen molar-refractivity contribution in [2.24, 2.45) is 0 Å². The topological polar surface area (TPSA) is 101 Å². The van der Waals surface area contributed by atoms with E-state index in [1.165, 1.54) is 6.20 Å². The van der Waals surface area contributed by atoms with Crippen molar-refractivity contribution in [2.45, 2.75) is 57.2 Å². The number of fused-ring (bicyclic) bond motifs is 5. The van der Waals surface area contributed by atoms with Crippen LogP contribution in [0.4, 0.5) is 10.1 Å². The van der Waals surface area contributed by atoms with Gasteiger partial charge in [0, 0.05) is 18.8 Å². The molecule has 1 aromatic carbocycles. The van der Waals surface area contributed by atoms with Crippen molar-refractivity contribution >= 4 is 22.6 Å². The first kappa shape index (κ1) is 20.3. The van der Waals surface area contributed by atoms with Crippen molar-refractivity contribution < 1.29 is 28.9 Å². The van der Waals surface area contributed by atoms with Crippen molar-refractivity contribution in [3.8, 4) is 5.75 Å². The Hall–Kier alpha value is -2.65. The third-order valence-electron chi connectivity index (χ3n) is 6.36. The summed E-state index contributed by atoms with van der Waals surface area (Å²) in [6.07, 6.45) is 5.99. The molecule has 1 aliphatic carbocycles. The standard InChI is InChI=1S/C22H25FN2O6/c1-2-30-21(27)15-10-25(12-6-7-12)17-14(19(15)26)9-16(22(23,28)29)18-20(17)31-11-13-5-3-4-8-24(13)18/h9-10,12-13,28-29H,2-8,11H2,1H3. The van der Waals surface area contributed by atoms with Crippen molar-refractivity contribution in [1.29, 1.82) is 0 Å². The normalized spacial score (nSPS) is 20.8. The highest BCUT2D eigenvalue weighted by Crippen LogP contribution is 2.49. The summed E-state index contributed by atoms with van der Waals surface area (Å²) in [5, 5.41) is 19.9. The lowest BCUT2D eigenvalue weighted by atomic mass is 9.95. The van der Waals surface area contributed by atoms with Gasteiger partial charge in [-0.2, -0.15) is 4.39 Å². The van der Waals surface area contributed by atoms with Crippen LogP contribution in [-0.2, 0) is 10.8 Å². The first-order valence-corrected chi connectivity index (χ1v) is 10.8. The van der Waals surface area contributed by atoms with Crippen LogP contribution in [0.2, 0.25) is 0 Å². The number of aromatic nitrogens is 1. The summed E-state index contributed by atoms with van der Waals surface area (Å²) in [6, 6.07) is -2.44. The number of rotatable bonds is 4. The highest BCUT2D eigenvalue weighted by Gasteiger charge is 2.41. The fraction of sp³-hybridized carbons (Fsp3) is 0.545. The first-order valence-electron chi connectivity index (χ1n) is 10.8. The van der Waals surface area contributed by atoms with Crippen LogP contribution in [0.1, 0.15) is 61.0 Å². The number of carbonyl (C=O) groups excluding carboxylic acids is 1. The van der Waals surface area contributed by atoms with Gasteiger partial charge in [-0.25, -0.2) is 4.79 Å². The lowest BCUT2D eigenvalue weighted by molar-refractivity contribution is -0.269. The predicted molar refractivity (Wildman–Crippen MR) is 110 cm³/mol. The van der Waals surface area contributed by atoms with Crippen LogP contribution in [0.25, 0.3) is 10.9 Å². The molecule has 3 heterocycles. The molecule has 8 nitrogen and oxygen atoms in total. The Morgan fingerprint density at radius 2 is 2.06 bits per heavy atom. The lowest BCUT2D eigenvalue weighted by Gasteiger charge is -2.43.